The molecule has 2 aromatic carbocycles. The highest BCUT2D eigenvalue weighted by Gasteiger charge is 2.35. The van der Waals surface area contributed by atoms with Gasteiger partial charge in [-0.25, -0.2) is 0 Å². The summed E-state index contributed by atoms with van der Waals surface area (Å²) in [6, 6.07) is 10.6. The molecule has 0 spiro atoms. The lowest BCUT2D eigenvalue weighted by Gasteiger charge is -2.26. The minimum absolute atomic E-state index is 0.141. The number of aromatic nitrogens is 2. The van der Waals surface area contributed by atoms with Crippen LogP contribution in [-0.2, 0) is 0 Å². The fraction of sp³-hybridized carbons (Fsp3) is 0.500. The summed E-state index contributed by atoms with van der Waals surface area (Å²) < 4.78 is 8.97. The van der Waals surface area contributed by atoms with Gasteiger partial charge in [0.2, 0.25) is 0 Å². The summed E-state index contributed by atoms with van der Waals surface area (Å²) in [4.78, 5) is 17.9. The van der Waals surface area contributed by atoms with E-state index in [1.54, 1.807) is 7.11 Å². The Labute approximate surface area is 209 Å². The largest absolute Gasteiger partial charge is 0.496 e. The summed E-state index contributed by atoms with van der Waals surface area (Å²) >= 11 is 3.59. The molecule has 1 saturated heterocycles. The predicted octanol–water partition coefficient (Wildman–Crippen LogP) is 6.04. The van der Waals surface area contributed by atoms with E-state index in [0.717, 1.165) is 65.5 Å². The first-order valence-electron chi connectivity index (χ1n) is 12.8. The van der Waals surface area contributed by atoms with Gasteiger partial charge in [0.1, 0.15) is 11.6 Å². The van der Waals surface area contributed by atoms with Crippen molar-refractivity contribution in [3.63, 3.8) is 0 Å². The first-order chi connectivity index (χ1) is 16.7. The number of fused-ring (bicyclic) bond motifs is 5. The molecule has 3 heterocycles. The van der Waals surface area contributed by atoms with Crippen LogP contribution in [0.5, 0.6) is 5.75 Å². The molecule has 0 amide bonds. The maximum absolute atomic E-state index is 13.2. The van der Waals surface area contributed by atoms with Crippen LogP contribution in [0.4, 0.5) is 0 Å². The highest BCUT2D eigenvalue weighted by molar-refractivity contribution is 9.10. The number of rotatable bonds is 5. The molecule has 5 nitrogen and oxygen atoms in total. The Morgan fingerprint density at radius 2 is 1.88 bits per heavy atom. The fourth-order valence-electron chi connectivity index (χ4n) is 6.56. The quantitative estimate of drug-likeness (QED) is 0.444. The SMILES string of the molecule is COc1cc2c(cc1C1CCNCC1)C(CCC1CCCC1)c1nc(=O)c3c(Br)cccc3n1-2. The molecule has 6 rings (SSSR count). The van der Waals surface area contributed by atoms with Crippen molar-refractivity contribution in [2.24, 2.45) is 5.92 Å². The van der Waals surface area contributed by atoms with Crippen molar-refractivity contribution in [3.05, 3.63) is 62.1 Å². The van der Waals surface area contributed by atoms with Gasteiger partial charge in [0.15, 0.2) is 0 Å². The van der Waals surface area contributed by atoms with Crippen LogP contribution in [-0.4, -0.2) is 29.8 Å². The molecule has 3 aliphatic rings. The van der Waals surface area contributed by atoms with Gasteiger partial charge in [0.25, 0.3) is 5.56 Å². The first-order valence-corrected chi connectivity index (χ1v) is 13.6. The van der Waals surface area contributed by atoms with Crippen molar-refractivity contribution < 1.29 is 4.74 Å². The molecule has 2 aliphatic heterocycles. The molecule has 3 aromatic rings. The van der Waals surface area contributed by atoms with Crippen LogP contribution in [0.2, 0.25) is 0 Å². The number of methoxy groups -OCH3 is 1. The molecule has 34 heavy (non-hydrogen) atoms. The minimum atomic E-state index is -0.141. The monoisotopic (exact) mass is 521 g/mol. The van der Waals surface area contributed by atoms with Gasteiger partial charge in [-0.2, -0.15) is 4.98 Å². The van der Waals surface area contributed by atoms with Gasteiger partial charge in [-0.15, -0.1) is 0 Å². The van der Waals surface area contributed by atoms with Crippen molar-refractivity contribution >= 4 is 26.8 Å². The Bertz CT molecular complexity index is 1290. The van der Waals surface area contributed by atoms with Gasteiger partial charge in [0.05, 0.1) is 23.7 Å². The highest BCUT2D eigenvalue weighted by Crippen LogP contribution is 2.47. The van der Waals surface area contributed by atoms with E-state index in [4.69, 9.17) is 9.72 Å². The van der Waals surface area contributed by atoms with Crippen LogP contribution >= 0.6 is 15.9 Å². The summed E-state index contributed by atoms with van der Waals surface area (Å²) in [7, 11) is 1.78. The average molecular weight is 522 g/mol. The normalized spacial score (nSPS) is 20.6. The number of hydrogen-bond donors (Lipinski definition) is 1. The topological polar surface area (TPSA) is 56.1 Å². The third-order valence-electron chi connectivity index (χ3n) is 8.32. The van der Waals surface area contributed by atoms with Crippen molar-refractivity contribution in [1.29, 1.82) is 0 Å². The van der Waals surface area contributed by atoms with E-state index in [-0.39, 0.29) is 11.5 Å². The van der Waals surface area contributed by atoms with Crippen LogP contribution < -0.4 is 15.6 Å². The molecule has 0 bridgehead atoms. The Balaban J connectivity index is 1.53. The predicted molar refractivity (Wildman–Crippen MR) is 139 cm³/mol. The van der Waals surface area contributed by atoms with E-state index in [1.165, 1.54) is 43.2 Å². The molecule has 1 aliphatic carbocycles. The standard InChI is InChI=1S/C28H32BrN3O2/c1-34-25-16-24-21(15-20(25)18-11-13-30-14-12-18)19(10-9-17-5-2-3-6-17)27-31-28(33)26-22(29)7-4-8-23(26)32(24)27/h4,7-8,15-19,30H,2-3,5-6,9-14H2,1H3. The van der Waals surface area contributed by atoms with Crippen LogP contribution in [0.25, 0.3) is 16.6 Å². The van der Waals surface area contributed by atoms with Crippen molar-refractivity contribution in [2.75, 3.05) is 20.2 Å². The van der Waals surface area contributed by atoms with E-state index in [0.29, 0.717) is 11.3 Å². The molecular formula is C28H32BrN3O2. The summed E-state index contributed by atoms with van der Waals surface area (Å²) in [5.41, 5.74) is 4.53. The van der Waals surface area contributed by atoms with Crippen LogP contribution in [0, 0.1) is 5.92 Å². The summed E-state index contributed by atoms with van der Waals surface area (Å²) in [5, 5.41) is 4.13. The highest BCUT2D eigenvalue weighted by atomic mass is 79.9. The number of halogens is 1. The second-order valence-electron chi connectivity index (χ2n) is 10.2. The van der Waals surface area contributed by atoms with Crippen molar-refractivity contribution in [1.82, 2.24) is 14.9 Å². The Hall–Kier alpha value is -2.18. The Morgan fingerprint density at radius 1 is 1.09 bits per heavy atom. The van der Waals surface area contributed by atoms with Crippen molar-refractivity contribution in [2.45, 2.75) is 63.2 Å². The van der Waals surface area contributed by atoms with Gasteiger partial charge in [0, 0.05) is 16.5 Å². The number of benzene rings is 2. The third kappa shape index (κ3) is 3.70. The Kier molecular flexibility index (Phi) is 5.98. The second kappa shape index (κ2) is 9.12. The average Bonchev–Trinajstić information content (AvgIpc) is 3.48. The zero-order valence-electron chi connectivity index (χ0n) is 19.8. The van der Waals surface area contributed by atoms with E-state index in [9.17, 15) is 4.79 Å². The summed E-state index contributed by atoms with van der Waals surface area (Å²) in [6.07, 6.45) is 9.89. The molecule has 2 fully saturated rings. The van der Waals surface area contributed by atoms with E-state index in [2.05, 4.69) is 37.9 Å². The van der Waals surface area contributed by atoms with Crippen molar-refractivity contribution in [3.8, 4) is 11.4 Å². The molecule has 6 heteroatoms. The number of piperidine rings is 1. The van der Waals surface area contributed by atoms with E-state index < -0.39 is 0 Å². The lowest BCUT2D eigenvalue weighted by Crippen LogP contribution is -2.27. The van der Waals surface area contributed by atoms with Gasteiger partial charge in [-0.05, 0) is 95.9 Å². The fourth-order valence-corrected chi connectivity index (χ4v) is 7.09. The summed E-state index contributed by atoms with van der Waals surface area (Å²) in [6.45, 7) is 2.09. The maximum atomic E-state index is 13.2. The molecule has 1 saturated carbocycles. The number of ether oxygens (including phenoxy) is 1. The van der Waals surface area contributed by atoms with Gasteiger partial charge in [-0.1, -0.05) is 31.7 Å². The first kappa shape index (κ1) is 22.3. The van der Waals surface area contributed by atoms with E-state index >= 15 is 0 Å². The second-order valence-corrected chi connectivity index (χ2v) is 11.1. The molecule has 1 N–H and O–H groups in total. The zero-order chi connectivity index (χ0) is 23.2. The molecule has 0 radical (unpaired) electrons. The van der Waals surface area contributed by atoms with Crippen LogP contribution in [0.15, 0.2) is 39.6 Å². The van der Waals surface area contributed by atoms with Gasteiger partial charge < -0.3 is 10.1 Å². The molecule has 1 unspecified atom stereocenters. The van der Waals surface area contributed by atoms with Crippen LogP contribution in [0.1, 0.15) is 80.2 Å². The smallest absolute Gasteiger partial charge is 0.281 e. The third-order valence-corrected chi connectivity index (χ3v) is 8.98. The van der Waals surface area contributed by atoms with E-state index in [1.807, 2.05) is 18.2 Å². The number of hydrogen-bond acceptors (Lipinski definition) is 4. The zero-order valence-corrected chi connectivity index (χ0v) is 21.4. The summed E-state index contributed by atoms with van der Waals surface area (Å²) in [5.74, 6) is 3.31. The lowest BCUT2D eigenvalue weighted by atomic mass is 9.84. The Morgan fingerprint density at radius 3 is 2.65 bits per heavy atom. The molecule has 1 aromatic heterocycles. The minimum Gasteiger partial charge on any atom is -0.496 e. The number of nitrogens with zero attached hydrogens (tertiary/aromatic N) is 2. The molecule has 1 atom stereocenters. The maximum Gasteiger partial charge on any atom is 0.281 e. The molecular weight excluding hydrogens is 490 g/mol. The number of nitrogens with one attached hydrogen (secondary N) is 1. The van der Waals surface area contributed by atoms with Crippen LogP contribution in [0.3, 0.4) is 0 Å². The van der Waals surface area contributed by atoms with Gasteiger partial charge in [-0.3, -0.25) is 9.36 Å². The molecule has 178 valence electrons. The lowest BCUT2D eigenvalue weighted by molar-refractivity contribution is 0.391. The van der Waals surface area contributed by atoms with Gasteiger partial charge >= 0.3 is 0 Å².